The molecule has 8 rings (SSSR count). The number of aliphatic hydroxyl groups excluding tert-OH is 2. The second-order valence-corrected chi connectivity index (χ2v) is 13.2. The molecule has 254 valence electrons. The zero-order valence-corrected chi connectivity index (χ0v) is 26.4. The Morgan fingerprint density at radius 3 is 2.76 bits per heavy atom. The van der Waals surface area contributed by atoms with Gasteiger partial charge in [-0.1, -0.05) is 25.1 Å². The first-order valence-electron chi connectivity index (χ1n) is 15.1. The molecule has 3 aliphatic heterocycles. The lowest BCUT2D eigenvalue weighted by atomic mass is 9.86. The zero-order chi connectivity index (χ0) is 34.4. The number of imidazole rings is 1. The van der Waals surface area contributed by atoms with E-state index in [0.717, 1.165) is 21.8 Å². The van der Waals surface area contributed by atoms with Crippen LogP contribution in [0.2, 0.25) is 0 Å². The van der Waals surface area contributed by atoms with E-state index in [9.17, 15) is 33.7 Å². The quantitative estimate of drug-likeness (QED) is 0.105. The number of pyridine rings is 2. The number of aliphatic hydroxyl groups is 2. The average molecular weight is 696 g/mol. The Morgan fingerprint density at radius 1 is 1.16 bits per heavy atom. The lowest BCUT2D eigenvalue weighted by molar-refractivity contribution is -0.171. The first-order chi connectivity index (χ1) is 23.4. The van der Waals surface area contributed by atoms with Gasteiger partial charge >= 0.3 is 19.9 Å². The topological polar surface area (TPSA) is 236 Å². The Bertz CT molecular complexity index is 2320. The minimum absolute atomic E-state index is 0.0158. The molecule has 17 nitrogen and oxygen atoms in total. The van der Waals surface area contributed by atoms with Crippen molar-refractivity contribution in [3.63, 3.8) is 0 Å². The molecule has 0 bridgehead atoms. The molecule has 5 N–H and O–H groups in total. The van der Waals surface area contributed by atoms with Crippen molar-refractivity contribution in [3.8, 4) is 11.4 Å². The summed E-state index contributed by atoms with van der Waals surface area (Å²) in [4.78, 5) is 53.9. The largest absolute Gasteiger partial charge is 0.473 e. The Balaban J connectivity index is 1.08. The van der Waals surface area contributed by atoms with Crippen LogP contribution >= 0.6 is 7.82 Å². The fourth-order valence-corrected chi connectivity index (χ4v) is 7.73. The van der Waals surface area contributed by atoms with E-state index in [1.54, 1.807) is 6.07 Å². The van der Waals surface area contributed by atoms with Crippen molar-refractivity contribution >= 4 is 41.7 Å². The van der Waals surface area contributed by atoms with Crippen LogP contribution in [0.15, 0.2) is 47.5 Å². The van der Waals surface area contributed by atoms with Crippen molar-refractivity contribution in [2.45, 2.75) is 56.6 Å². The van der Waals surface area contributed by atoms with E-state index in [2.05, 4.69) is 15.0 Å². The number of fused-ring (bicyclic) bond motifs is 6. The van der Waals surface area contributed by atoms with Crippen LogP contribution in [0.1, 0.15) is 36.3 Å². The normalized spacial score (nSPS) is 25.6. The number of anilines is 1. The molecule has 0 spiro atoms. The number of benzene rings is 1. The van der Waals surface area contributed by atoms with Crippen LogP contribution in [0.4, 0.5) is 10.2 Å². The summed E-state index contributed by atoms with van der Waals surface area (Å²) in [5.41, 5.74) is 5.38. The number of hydrogen-bond acceptors (Lipinski definition) is 14. The molecule has 0 aliphatic carbocycles. The van der Waals surface area contributed by atoms with Crippen LogP contribution in [-0.4, -0.2) is 75.1 Å². The smallest absolute Gasteiger partial charge is 0.458 e. The molecule has 49 heavy (non-hydrogen) atoms. The Labute approximate surface area is 274 Å². The summed E-state index contributed by atoms with van der Waals surface area (Å²) >= 11 is 0. The van der Waals surface area contributed by atoms with Crippen molar-refractivity contribution in [3.05, 3.63) is 75.8 Å². The van der Waals surface area contributed by atoms with Gasteiger partial charge in [-0.3, -0.25) is 18.4 Å². The molecule has 0 saturated carbocycles. The number of phosphoric ester groups is 1. The third-order valence-electron chi connectivity index (χ3n) is 9.09. The fourth-order valence-electron chi connectivity index (χ4n) is 6.65. The summed E-state index contributed by atoms with van der Waals surface area (Å²) < 4.78 is 51.8. The summed E-state index contributed by atoms with van der Waals surface area (Å²) in [5.74, 6) is -1.27. The van der Waals surface area contributed by atoms with Crippen molar-refractivity contribution in [2.75, 3.05) is 12.3 Å². The Kier molecular flexibility index (Phi) is 7.20. The molecule has 4 aromatic heterocycles. The van der Waals surface area contributed by atoms with Crippen LogP contribution in [0, 0.1) is 6.08 Å². The van der Waals surface area contributed by atoms with E-state index < -0.39 is 62.2 Å². The van der Waals surface area contributed by atoms with Crippen LogP contribution in [0.3, 0.4) is 0 Å². The predicted molar refractivity (Wildman–Crippen MR) is 165 cm³/mol. The summed E-state index contributed by atoms with van der Waals surface area (Å²) in [5, 5.41) is 22.3. The van der Waals surface area contributed by atoms with E-state index in [1.807, 2.05) is 30.3 Å². The minimum Gasteiger partial charge on any atom is -0.458 e. The van der Waals surface area contributed by atoms with Gasteiger partial charge in [-0.2, -0.15) is 14.4 Å². The van der Waals surface area contributed by atoms with Crippen LogP contribution in [-0.2, 0) is 46.6 Å². The maximum Gasteiger partial charge on any atom is 0.473 e. The van der Waals surface area contributed by atoms with Gasteiger partial charge in [-0.15, -0.1) is 0 Å². The van der Waals surface area contributed by atoms with E-state index in [4.69, 9.17) is 29.2 Å². The second-order valence-electron chi connectivity index (χ2n) is 11.9. The average Bonchev–Trinajstić information content (AvgIpc) is 3.74. The number of halogens is 1. The highest BCUT2D eigenvalue weighted by Crippen LogP contribution is 2.54. The molecule has 1 saturated heterocycles. The van der Waals surface area contributed by atoms with Gasteiger partial charge in [0.15, 0.2) is 23.2 Å². The molecule has 3 aliphatic rings. The zero-order valence-electron chi connectivity index (χ0n) is 25.5. The molecule has 6 atom stereocenters. The number of hydrogen-bond donors (Lipinski definition) is 4. The number of cyclic esters (lactones) is 1. The standard InChI is InChI=1S/C30H27FN7O10P/c1-2-30(16-8-18-20-14(7-13-5-3-4-6-17(13)34-20)9-37(18)26(41)15(16)10-45-28(30)42)48-49(43,44)46-11-19-22(39)23(40)27(47-19)38-12-33-21-24(32)35-29(31)36-25(21)38/h3-8,12,19,22-23,27,39-40H,2,9-11H2,1H3,(H,43,44)(H2,32,35,36). The van der Waals surface area contributed by atoms with Crippen molar-refractivity contribution in [1.29, 1.82) is 0 Å². The molecule has 0 amide bonds. The van der Waals surface area contributed by atoms with Gasteiger partial charge in [0, 0.05) is 16.5 Å². The minimum atomic E-state index is -5.20. The highest BCUT2D eigenvalue weighted by Gasteiger charge is 2.53. The fraction of sp³-hybridized carbons (Fsp3) is 0.333. The predicted octanol–water partition coefficient (Wildman–Crippen LogP) is 1.40. The van der Waals surface area contributed by atoms with Crippen molar-refractivity contribution in [1.82, 2.24) is 29.1 Å². The van der Waals surface area contributed by atoms with Gasteiger partial charge < -0.3 is 34.9 Å². The number of nitrogen functional groups attached to an aromatic ring is 1. The van der Waals surface area contributed by atoms with E-state index >= 15 is 0 Å². The number of carbonyl (C=O) groups excluding carboxylic acids is 1. The third-order valence-corrected chi connectivity index (χ3v) is 10.1. The monoisotopic (exact) mass is 695 g/mol. The number of para-hydroxylation sites is 1. The number of aromatic nitrogens is 6. The number of rotatable bonds is 7. The van der Waals surface area contributed by atoms with Crippen molar-refractivity contribution < 1.29 is 47.4 Å². The van der Waals surface area contributed by atoms with Crippen LogP contribution in [0.25, 0.3) is 33.5 Å². The SMILES string of the molecule is CCC1(OP(=O)(O)OCC2OC(n3cnc4c(N)nc(F)nc43)C(O)C2O)C(=O)OCc2c1cc1n(c2=O)Cc2cc3ccccc3nc2-1. The molecule has 1 aromatic carbocycles. The van der Waals surface area contributed by atoms with Gasteiger partial charge in [-0.05, 0) is 24.6 Å². The Hall–Kier alpha value is -4.68. The highest BCUT2D eigenvalue weighted by molar-refractivity contribution is 7.47. The number of carbonyl (C=O) groups is 1. The first-order valence-corrected chi connectivity index (χ1v) is 16.6. The number of ether oxygens (including phenoxy) is 2. The molecule has 7 heterocycles. The van der Waals surface area contributed by atoms with Crippen molar-refractivity contribution in [2.24, 2.45) is 0 Å². The molecule has 5 aromatic rings. The van der Waals surface area contributed by atoms with Gasteiger partial charge in [0.2, 0.25) is 5.60 Å². The van der Waals surface area contributed by atoms with E-state index in [0.29, 0.717) is 16.9 Å². The maximum atomic E-state index is 13.9. The lowest BCUT2D eigenvalue weighted by Gasteiger charge is -2.36. The second kappa shape index (κ2) is 11.2. The summed E-state index contributed by atoms with van der Waals surface area (Å²) in [6, 6.07) is 10.9. The summed E-state index contributed by atoms with van der Waals surface area (Å²) in [6.45, 7) is 0.552. The Morgan fingerprint density at radius 2 is 1.96 bits per heavy atom. The number of phosphoric acid groups is 1. The van der Waals surface area contributed by atoms with Gasteiger partial charge in [0.25, 0.3) is 5.56 Å². The summed E-state index contributed by atoms with van der Waals surface area (Å²) in [7, 11) is -5.20. The number of esters is 1. The number of nitrogens with two attached hydrogens (primary N) is 1. The lowest BCUT2D eigenvalue weighted by Crippen LogP contribution is -2.46. The third kappa shape index (κ3) is 4.86. The molecule has 19 heteroatoms. The van der Waals surface area contributed by atoms with Crippen LogP contribution in [0.5, 0.6) is 0 Å². The maximum absolute atomic E-state index is 13.9. The molecular formula is C30H27FN7O10P. The van der Waals surface area contributed by atoms with E-state index in [-0.39, 0.29) is 47.7 Å². The highest BCUT2D eigenvalue weighted by atomic mass is 31.2. The van der Waals surface area contributed by atoms with Gasteiger partial charge in [0.05, 0.1) is 41.9 Å². The molecule has 6 unspecified atom stereocenters. The molecular weight excluding hydrogens is 668 g/mol. The van der Waals surface area contributed by atoms with Crippen LogP contribution < -0.4 is 11.3 Å². The van der Waals surface area contributed by atoms with E-state index in [1.165, 1.54) is 11.5 Å². The number of nitrogens with zero attached hydrogens (tertiary/aromatic N) is 6. The molecule has 0 radical (unpaired) electrons. The molecule has 1 fully saturated rings. The van der Waals surface area contributed by atoms with Gasteiger partial charge in [-0.25, -0.2) is 19.3 Å². The summed E-state index contributed by atoms with van der Waals surface area (Å²) in [6.07, 6.45) is -6.36. The van der Waals surface area contributed by atoms with Gasteiger partial charge in [0.1, 0.15) is 24.9 Å². The first kappa shape index (κ1) is 31.6.